The van der Waals surface area contributed by atoms with Crippen molar-refractivity contribution in [3.8, 4) is 0 Å². The largest absolute Gasteiger partial charge is 0.377 e. The van der Waals surface area contributed by atoms with E-state index in [1.165, 1.54) is 64.2 Å². The fraction of sp³-hybridized carbons (Fsp3) is 1.00. The fourth-order valence-electron chi connectivity index (χ4n) is 4.82. The molecule has 0 radical (unpaired) electrons. The summed E-state index contributed by atoms with van der Waals surface area (Å²) >= 11 is 0. The van der Waals surface area contributed by atoms with Crippen molar-refractivity contribution in [2.24, 2.45) is 11.8 Å². The lowest BCUT2D eigenvalue weighted by molar-refractivity contribution is -0.0653. The monoisotopic (exact) mass is 281 g/mol. The van der Waals surface area contributed by atoms with Crippen LogP contribution in [0.15, 0.2) is 0 Å². The van der Waals surface area contributed by atoms with Crippen molar-refractivity contribution in [3.63, 3.8) is 0 Å². The minimum Gasteiger partial charge on any atom is -0.377 e. The molecule has 0 heterocycles. The van der Waals surface area contributed by atoms with Crippen LogP contribution in [0.2, 0.25) is 0 Å². The zero-order valence-electron chi connectivity index (χ0n) is 13.9. The molecule has 3 atom stereocenters. The van der Waals surface area contributed by atoms with Gasteiger partial charge in [0.05, 0.1) is 5.60 Å². The third kappa shape index (κ3) is 3.39. The third-order valence-electron chi connectivity index (χ3n) is 5.96. The summed E-state index contributed by atoms with van der Waals surface area (Å²) in [6, 6.07) is 0.584. The van der Waals surface area contributed by atoms with E-state index in [-0.39, 0.29) is 5.60 Å². The maximum Gasteiger partial charge on any atom is 0.0833 e. The van der Waals surface area contributed by atoms with Crippen molar-refractivity contribution >= 4 is 0 Å². The van der Waals surface area contributed by atoms with E-state index in [0.29, 0.717) is 6.04 Å². The minimum absolute atomic E-state index is 0.130. The van der Waals surface area contributed by atoms with Gasteiger partial charge in [-0.2, -0.15) is 0 Å². The molecule has 0 amide bonds. The third-order valence-corrected chi connectivity index (χ3v) is 5.96. The Bertz CT molecular complexity index is 273. The van der Waals surface area contributed by atoms with Gasteiger partial charge >= 0.3 is 0 Å². The number of rotatable bonds is 7. The number of hydrogen-bond donors (Lipinski definition) is 1. The van der Waals surface area contributed by atoms with E-state index in [2.05, 4.69) is 19.2 Å². The van der Waals surface area contributed by atoms with Gasteiger partial charge in [-0.05, 0) is 44.1 Å². The first-order valence-electron chi connectivity index (χ1n) is 9.06. The Morgan fingerprint density at radius 3 is 2.40 bits per heavy atom. The Morgan fingerprint density at radius 1 is 1.10 bits per heavy atom. The molecule has 118 valence electrons. The Balaban J connectivity index is 2.16. The second kappa shape index (κ2) is 7.79. The van der Waals surface area contributed by atoms with Gasteiger partial charge < -0.3 is 10.1 Å². The Hall–Kier alpha value is -0.0800. The number of methoxy groups -OCH3 is 1. The molecular weight excluding hydrogens is 246 g/mol. The van der Waals surface area contributed by atoms with Crippen LogP contribution in [0.4, 0.5) is 0 Å². The van der Waals surface area contributed by atoms with Crippen LogP contribution in [0.3, 0.4) is 0 Å². The van der Waals surface area contributed by atoms with Gasteiger partial charge in [-0.3, -0.25) is 0 Å². The number of nitrogens with one attached hydrogen (secondary N) is 1. The molecule has 0 aliphatic heterocycles. The molecule has 2 nitrogen and oxygen atoms in total. The summed E-state index contributed by atoms with van der Waals surface area (Å²) in [5.74, 6) is 1.74. The smallest absolute Gasteiger partial charge is 0.0833 e. The van der Waals surface area contributed by atoms with E-state index in [9.17, 15) is 0 Å². The van der Waals surface area contributed by atoms with E-state index in [0.717, 1.165) is 18.4 Å². The van der Waals surface area contributed by atoms with E-state index in [4.69, 9.17) is 4.74 Å². The molecule has 0 bridgehead atoms. The van der Waals surface area contributed by atoms with Gasteiger partial charge in [0.2, 0.25) is 0 Å². The molecule has 20 heavy (non-hydrogen) atoms. The normalized spacial score (nSPS) is 31.4. The zero-order chi connectivity index (χ0) is 14.4. The van der Waals surface area contributed by atoms with Crippen LogP contribution in [0.25, 0.3) is 0 Å². The van der Waals surface area contributed by atoms with Gasteiger partial charge in [-0.15, -0.1) is 0 Å². The molecule has 0 spiro atoms. The molecule has 2 heteroatoms. The van der Waals surface area contributed by atoms with Crippen LogP contribution in [0.5, 0.6) is 0 Å². The predicted molar refractivity (Wildman–Crippen MR) is 86.0 cm³/mol. The quantitative estimate of drug-likeness (QED) is 0.740. The lowest BCUT2D eigenvalue weighted by atomic mass is 9.69. The summed E-state index contributed by atoms with van der Waals surface area (Å²) in [5.41, 5.74) is 0.130. The van der Waals surface area contributed by atoms with Crippen molar-refractivity contribution in [2.45, 2.75) is 89.7 Å². The first-order valence-corrected chi connectivity index (χ1v) is 9.06. The SMILES string of the molecule is CCCNC(C1CCCCC1CC)C1(OC)CCCC1. The summed E-state index contributed by atoms with van der Waals surface area (Å²) in [6.45, 7) is 5.80. The second-order valence-electron chi connectivity index (χ2n) is 7.02. The van der Waals surface area contributed by atoms with Crippen molar-refractivity contribution < 1.29 is 4.74 Å². The van der Waals surface area contributed by atoms with E-state index in [1.54, 1.807) is 0 Å². The topological polar surface area (TPSA) is 21.3 Å². The predicted octanol–water partition coefficient (Wildman–Crippen LogP) is 4.53. The van der Waals surface area contributed by atoms with Gasteiger partial charge in [0, 0.05) is 13.2 Å². The summed E-state index contributed by atoms with van der Waals surface area (Å²) in [4.78, 5) is 0. The first kappa shape index (κ1) is 16.3. The Morgan fingerprint density at radius 2 is 1.80 bits per heavy atom. The van der Waals surface area contributed by atoms with Crippen LogP contribution in [-0.2, 0) is 4.74 Å². The molecule has 2 aliphatic carbocycles. The molecular formula is C18H35NO. The van der Waals surface area contributed by atoms with Gasteiger partial charge in [0.1, 0.15) is 0 Å². The number of ether oxygens (including phenoxy) is 1. The zero-order valence-corrected chi connectivity index (χ0v) is 13.9. The molecule has 0 aromatic carbocycles. The Kier molecular flexibility index (Phi) is 6.35. The average Bonchev–Trinajstić information content (AvgIpc) is 2.98. The molecule has 2 saturated carbocycles. The van der Waals surface area contributed by atoms with Crippen molar-refractivity contribution in [3.05, 3.63) is 0 Å². The average molecular weight is 281 g/mol. The molecule has 1 N–H and O–H groups in total. The van der Waals surface area contributed by atoms with Crippen molar-refractivity contribution in [1.29, 1.82) is 0 Å². The van der Waals surface area contributed by atoms with Crippen LogP contribution in [0.1, 0.15) is 78.1 Å². The van der Waals surface area contributed by atoms with Crippen LogP contribution >= 0.6 is 0 Å². The summed E-state index contributed by atoms with van der Waals surface area (Å²) < 4.78 is 6.14. The van der Waals surface area contributed by atoms with Crippen molar-refractivity contribution in [2.75, 3.05) is 13.7 Å². The standard InChI is InChI=1S/C18H35NO/c1-4-14-19-17(18(20-3)12-8-9-13-18)16-11-7-6-10-15(16)5-2/h15-17,19H,4-14H2,1-3H3. The van der Waals surface area contributed by atoms with Crippen LogP contribution in [-0.4, -0.2) is 25.3 Å². The summed E-state index contributed by atoms with van der Waals surface area (Å²) in [6.07, 6.45) is 13.5. The Labute approximate surface area is 126 Å². The van der Waals surface area contributed by atoms with Crippen molar-refractivity contribution in [1.82, 2.24) is 5.32 Å². The highest BCUT2D eigenvalue weighted by Gasteiger charge is 2.46. The maximum absolute atomic E-state index is 6.14. The van der Waals surface area contributed by atoms with E-state index >= 15 is 0 Å². The highest BCUT2D eigenvalue weighted by molar-refractivity contribution is 5.02. The van der Waals surface area contributed by atoms with E-state index in [1.807, 2.05) is 7.11 Å². The van der Waals surface area contributed by atoms with Gasteiger partial charge in [0.15, 0.2) is 0 Å². The molecule has 0 aromatic heterocycles. The molecule has 2 aliphatic rings. The van der Waals surface area contributed by atoms with Gasteiger partial charge in [0.25, 0.3) is 0 Å². The fourth-order valence-corrected chi connectivity index (χ4v) is 4.82. The van der Waals surface area contributed by atoms with Crippen LogP contribution < -0.4 is 5.32 Å². The molecule has 0 aromatic rings. The summed E-state index contributed by atoms with van der Waals surface area (Å²) in [5, 5.41) is 3.91. The van der Waals surface area contributed by atoms with Gasteiger partial charge in [-0.1, -0.05) is 52.4 Å². The lowest BCUT2D eigenvalue weighted by Gasteiger charge is -2.46. The highest BCUT2D eigenvalue weighted by atomic mass is 16.5. The van der Waals surface area contributed by atoms with Crippen LogP contribution in [0, 0.1) is 11.8 Å². The summed E-state index contributed by atoms with van der Waals surface area (Å²) in [7, 11) is 1.95. The molecule has 3 unspecified atom stereocenters. The maximum atomic E-state index is 6.14. The highest BCUT2D eigenvalue weighted by Crippen LogP contribution is 2.44. The first-order chi connectivity index (χ1) is 9.77. The molecule has 0 saturated heterocycles. The molecule has 2 fully saturated rings. The van der Waals surface area contributed by atoms with E-state index < -0.39 is 0 Å². The lowest BCUT2D eigenvalue weighted by Crippen LogP contribution is -2.56. The number of hydrogen-bond acceptors (Lipinski definition) is 2. The molecule has 2 rings (SSSR count). The minimum atomic E-state index is 0.130. The second-order valence-corrected chi connectivity index (χ2v) is 7.02. The van der Waals surface area contributed by atoms with Gasteiger partial charge in [-0.25, -0.2) is 0 Å².